The van der Waals surface area contributed by atoms with Crippen molar-refractivity contribution in [3.8, 4) is 0 Å². The second-order valence-corrected chi connectivity index (χ2v) is 8.79. The Morgan fingerprint density at radius 1 is 1.10 bits per heavy atom. The van der Waals surface area contributed by atoms with E-state index >= 15 is 0 Å². The van der Waals surface area contributed by atoms with Gasteiger partial charge in [-0.2, -0.15) is 0 Å². The number of nitrogens with one attached hydrogen (secondary N) is 2. The van der Waals surface area contributed by atoms with E-state index in [-0.39, 0.29) is 5.41 Å². The summed E-state index contributed by atoms with van der Waals surface area (Å²) in [5.74, 6) is 1.60. The lowest BCUT2D eigenvalue weighted by Gasteiger charge is -2.38. The molecule has 0 unspecified atom stereocenters. The summed E-state index contributed by atoms with van der Waals surface area (Å²) in [5, 5.41) is 6.98. The van der Waals surface area contributed by atoms with Crippen LogP contribution in [-0.2, 0) is 10.2 Å². The standard InChI is InChI=1S/C23H35N5O/c1-24-22(26-18-23(10-11-23)20-8-3-2-4-9-20)25-12-13-27-14-16-28(17-15-27)21(29)19-6-5-7-19/h2-4,8-9,19H,5-7,10-18H2,1H3,(H2,24,25,26). The van der Waals surface area contributed by atoms with Crippen LogP contribution in [0.25, 0.3) is 0 Å². The zero-order valence-corrected chi connectivity index (χ0v) is 17.7. The molecular weight excluding hydrogens is 362 g/mol. The molecular formula is C23H35N5O. The van der Waals surface area contributed by atoms with Crippen molar-refractivity contribution in [3.05, 3.63) is 35.9 Å². The zero-order chi connectivity index (χ0) is 20.1. The third kappa shape index (κ3) is 4.92. The number of carbonyl (C=O) groups is 1. The van der Waals surface area contributed by atoms with Crippen molar-refractivity contribution in [2.75, 3.05) is 52.9 Å². The number of hydrogen-bond donors (Lipinski definition) is 2. The Kier molecular flexibility index (Phi) is 6.38. The molecule has 0 aromatic heterocycles. The van der Waals surface area contributed by atoms with Crippen LogP contribution in [0.5, 0.6) is 0 Å². The maximum Gasteiger partial charge on any atom is 0.225 e. The van der Waals surface area contributed by atoms with E-state index in [0.29, 0.717) is 11.8 Å². The van der Waals surface area contributed by atoms with Gasteiger partial charge >= 0.3 is 0 Å². The molecule has 1 aliphatic heterocycles. The molecule has 0 atom stereocenters. The van der Waals surface area contributed by atoms with E-state index in [1.54, 1.807) is 0 Å². The van der Waals surface area contributed by atoms with Gasteiger partial charge in [0, 0.05) is 64.2 Å². The molecule has 1 amide bonds. The van der Waals surface area contributed by atoms with Crippen LogP contribution in [-0.4, -0.2) is 74.5 Å². The first-order chi connectivity index (χ1) is 14.2. The van der Waals surface area contributed by atoms with Gasteiger partial charge in [-0.05, 0) is 31.2 Å². The maximum atomic E-state index is 12.4. The fourth-order valence-electron chi connectivity index (χ4n) is 4.42. The van der Waals surface area contributed by atoms with Crippen LogP contribution >= 0.6 is 0 Å². The molecule has 1 aromatic carbocycles. The van der Waals surface area contributed by atoms with Gasteiger partial charge in [0.15, 0.2) is 5.96 Å². The topological polar surface area (TPSA) is 60.0 Å². The molecule has 1 heterocycles. The second kappa shape index (κ2) is 9.16. The quantitative estimate of drug-likeness (QED) is 0.544. The summed E-state index contributed by atoms with van der Waals surface area (Å²) in [7, 11) is 1.84. The second-order valence-electron chi connectivity index (χ2n) is 8.79. The van der Waals surface area contributed by atoms with Crippen molar-refractivity contribution in [2.24, 2.45) is 10.9 Å². The summed E-state index contributed by atoms with van der Waals surface area (Å²) in [4.78, 5) is 21.3. The minimum absolute atomic E-state index is 0.280. The highest BCUT2D eigenvalue weighted by atomic mass is 16.2. The van der Waals surface area contributed by atoms with Gasteiger partial charge in [0.25, 0.3) is 0 Å². The molecule has 29 heavy (non-hydrogen) atoms. The Hall–Kier alpha value is -2.08. The molecule has 2 saturated carbocycles. The largest absolute Gasteiger partial charge is 0.356 e. The van der Waals surface area contributed by atoms with Gasteiger partial charge < -0.3 is 15.5 Å². The highest BCUT2D eigenvalue weighted by molar-refractivity contribution is 5.80. The fraction of sp³-hybridized carbons (Fsp3) is 0.652. The van der Waals surface area contributed by atoms with Crippen LogP contribution in [0, 0.1) is 5.92 Å². The van der Waals surface area contributed by atoms with Gasteiger partial charge in [-0.1, -0.05) is 36.8 Å². The van der Waals surface area contributed by atoms with Crippen molar-refractivity contribution in [1.29, 1.82) is 0 Å². The van der Waals surface area contributed by atoms with Gasteiger partial charge in [0.2, 0.25) is 5.91 Å². The number of nitrogens with zero attached hydrogens (tertiary/aromatic N) is 3. The highest BCUT2D eigenvalue weighted by Crippen LogP contribution is 2.47. The summed E-state index contributed by atoms with van der Waals surface area (Å²) in [6.45, 7) is 6.49. The predicted molar refractivity (Wildman–Crippen MR) is 117 cm³/mol. The number of aliphatic imine (C=N–C) groups is 1. The average Bonchev–Trinajstić information content (AvgIpc) is 3.51. The highest BCUT2D eigenvalue weighted by Gasteiger charge is 2.44. The smallest absolute Gasteiger partial charge is 0.225 e. The first-order valence-electron chi connectivity index (χ1n) is 11.2. The Labute approximate surface area is 174 Å². The molecule has 6 heteroatoms. The molecule has 158 valence electrons. The number of guanidine groups is 1. The van der Waals surface area contributed by atoms with Crippen molar-refractivity contribution in [1.82, 2.24) is 20.4 Å². The molecule has 6 nitrogen and oxygen atoms in total. The van der Waals surface area contributed by atoms with E-state index in [1.165, 1.54) is 24.8 Å². The third-order valence-electron chi connectivity index (χ3n) is 6.92. The molecule has 3 aliphatic rings. The molecule has 2 aliphatic carbocycles. The van der Waals surface area contributed by atoms with Crippen LogP contribution in [0.15, 0.2) is 35.3 Å². The monoisotopic (exact) mass is 397 g/mol. The van der Waals surface area contributed by atoms with Gasteiger partial charge in [-0.15, -0.1) is 0 Å². The van der Waals surface area contributed by atoms with E-state index in [1.807, 2.05) is 7.05 Å². The SMILES string of the molecule is CN=C(NCCN1CCN(C(=O)C2CCC2)CC1)NCC1(c2ccccc2)CC1. The lowest BCUT2D eigenvalue weighted by Crippen LogP contribution is -2.52. The summed E-state index contributed by atoms with van der Waals surface area (Å²) < 4.78 is 0. The van der Waals surface area contributed by atoms with E-state index in [0.717, 1.165) is 64.6 Å². The Morgan fingerprint density at radius 3 is 2.41 bits per heavy atom. The summed E-state index contributed by atoms with van der Waals surface area (Å²) in [5.41, 5.74) is 1.71. The minimum atomic E-state index is 0.280. The van der Waals surface area contributed by atoms with Gasteiger partial charge in [0.1, 0.15) is 0 Å². The van der Waals surface area contributed by atoms with Crippen LogP contribution in [0.4, 0.5) is 0 Å². The van der Waals surface area contributed by atoms with E-state index in [4.69, 9.17) is 0 Å². The van der Waals surface area contributed by atoms with E-state index in [2.05, 4.69) is 55.8 Å². The fourth-order valence-corrected chi connectivity index (χ4v) is 4.42. The van der Waals surface area contributed by atoms with Crippen molar-refractivity contribution >= 4 is 11.9 Å². The summed E-state index contributed by atoms with van der Waals surface area (Å²) >= 11 is 0. The number of benzene rings is 1. The van der Waals surface area contributed by atoms with Crippen molar-refractivity contribution < 1.29 is 4.79 Å². The van der Waals surface area contributed by atoms with E-state index in [9.17, 15) is 4.79 Å². The predicted octanol–water partition coefficient (Wildman–Crippen LogP) is 1.83. The first kappa shape index (κ1) is 20.2. The van der Waals surface area contributed by atoms with Crippen LogP contribution in [0.2, 0.25) is 0 Å². The van der Waals surface area contributed by atoms with Gasteiger partial charge in [-0.3, -0.25) is 14.7 Å². The minimum Gasteiger partial charge on any atom is -0.356 e. The van der Waals surface area contributed by atoms with Crippen molar-refractivity contribution in [3.63, 3.8) is 0 Å². The average molecular weight is 398 g/mol. The molecule has 0 spiro atoms. The Morgan fingerprint density at radius 2 is 1.83 bits per heavy atom. The number of hydrogen-bond acceptors (Lipinski definition) is 3. The molecule has 1 aromatic rings. The Balaban J connectivity index is 1.14. The van der Waals surface area contributed by atoms with Gasteiger partial charge in [-0.25, -0.2) is 0 Å². The lowest BCUT2D eigenvalue weighted by molar-refractivity contribution is -0.139. The normalized spacial score (nSPS) is 22.1. The summed E-state index contributed by atoms with van der Waals surface area (Å²) in [6, 6.07) is 10.8. The molecule has 0 radical (unpaired) electrons. The van der Waals surface area contributed by atoms with Gasteiger partial charge in [0.05, 0.1) is 0 Å². The number of carbonyl (C=O) groups excluding carboxylic acids is 1. The molecule has 1 saturated heterocycles. The molecule has 4 rings (SSSR count). The third-order valence-corrected chi connectivity index (χ3v) is 6.92. The number of rotatable bonds is 7. The van der Waals surface area contributed by atoms with E-state index < -0.39 is 0 Å². The summed E-state index contributed by atoms with van der Waals surface area (Å²) in [6.07, 6.45) is 5.90. The first-order valence-corrected chi connectivity index (χ1v) is 11.2. The number of piperazine rings is 1. The van der Waals surface area contributed by atoms with Crippen molar-refractivity contribution in [2.45, 2.75) is 37.5 Å². The van der Waals surface area contributed by atoms with Crippen LogP contribution < -0.4 is 10.6 Å². The lowest BCUT2D eigenvalue weighted by atomic mass is 9.84. The number of amides is 1. The molecule has 3 fully saturated rings. The molecule has 2 N–H and O–H groups in total. The van der Waals surface area contributed by atoms with Crippen LogP contribution in [0.3, 0.4) is 0 Å². The maximum absolute atomic E-state index is 12.4. The molecule has 0 bridgehead atoms. The Bertz CT molecular complexity index is 703. The zero-order valence-electron chi connectivity index (χ0n) is 17.7. The van der Waals surface area contributed by atoms with Crippen LogP contribution in [0.1, 0.15) is 37.7 Å².